The first kappa shape index (κ1) is 16.5. The topological polar surface area (TPSA) is 46.3 Å². The molecule has 1 saturated carbocycles. The molecule has 0 bridgehead atoms. The number of carbonyl (C=O) groups is 1. The summed E-state index contributed by atoms with van der Waals surface area (Å²) in [6.07, 6.45) is 3.28. The average Bonchev–Trinajstić information content (AvgIpc) is 3.05. The first-order chi connectivity index (χ1) is 8.76. The van der Waals surface area contributed by atoms with Crippen molar-refractivity contribution in [2.24, 2.45) is 17.6 Å². The number of nitrogens with two attached hydrogens (primary N) is 1. The van der Waals surface area contributed by atoms with Gasteiger partial charge in [-0.15, -0.1) is 23.7 Å². The van der Waals surface area contributed by atoms with E-state index < -0.39 is 0 Å². The molecule has 1 aromatic rings. The van der Waals surface area contributed by atoms with Crippen LogP contribution < -0.4 is 5.73 Å². The summed E-state index contributed by atoms with van der Waals surface area (Å²) in [4.78, 5) is 15.8. The number of thiophene rings is 1. The number of amides is 1. The van der Waals surface area contributed by atoms with Crippen LogP contribution in [0.3, 0.4) is 0 Å². The van der Waals surface area contributed by atoms with Gasteiger partial charge >= 0.3 is 0 Å². The van der Waals surface area contributed by atoms with Gasteiger partial charge in [-0.05, 0) is 43.7 Å². The van der Waals surface area contributed by atoms with E-state index in [2.05, 4.69) is 18.4 Å². The Bertz CT molecular complexity index is 383. The summed E-state index contributed by atoms with van der Waals surface area (Å²) in [6.45, 7) is 4.23. The molecular formula is C14H23ClN2OS. The number of carbonyl (C=O) groups excluding carboxylic acids is 1. The molecule has 1 aliphatic rings. The highest BCUT2D eigenvalue weighted by atomic mass is 35.5. The SMILES string of the molecule is CCN(Cc1cccs1)C(=O)[C@@H]1CCC[C@@H]1CN.Cl. The first-order valence-corrected chi connectivity index (χ1v) is 7.65. The summed E-state index contributed by atoms with van der Waals surface area (Å²) < 4.78 is 0. The Hall–Kier alpha value is -0.580. The smallest absolute Gasteiger partial charge is 0.226 e. The number of hydrogen-bond donors (Lipinski definition) is 1. The molecule has 1 fully saturated rings. The second-order valence-corrected chi connectivity index (χ2v) is 6.00. The third-order valence-corrected chi connectivity index (χ3v) is 4.76. The van der Waals surface area contributed by atoms with Crippen molar-refractivity contribution in [1.29, 1.82) is 0 Å². The Balaban J connectivity index is 0.00000180. The Morgan fingerprint density at radius 3 is 2.89 bits per heavy atom. The van der Waals surface area contributed by atoms with Gasteiger partial charge in [0.15, 0.2) is 0 Å². The van der Waals surface area contributed by atoms with Crippen LogP contribution >= 0.6 is 23.7 Å². The molecule has 0 radical (unpaired) electrons. The molecule has 2 rings (SSSR count). The third kappa shape index (κ3) is 3.94. The zero-order chi connectivity index (χ0) is 13.0. The van der Waals surface area contributed by atoms with Crippen LogP contribution in [0.2, 0.25) is 0 Å². The maximum atomic E-state index is 12.5. The Labute approximate surface area is 125 Å². The molecular weight excluding hydrogens is 280 g/mol. The van der Waals surface area contributed by atoms with Gasteiger partial charge in [0.25, 0.3) is 0 Å². The second-order valence-electron chi connectivity index (χ2n) is 4.96. The monoisotopic (exact) mass is 302 g/mol. The van der Waals surface area contributed by atoms with Gasteiger partial charge < -0.3 is 10.6 Å². The fourth-order valence-corrected chi connectivity index (χ4v) is 3.53. The maximum Gasteiger partial charge on any atom is 0.226 e. The van der Waals surface area contributed by atoms with Gasteiger partial charge in [-0.2, -0.15) is 0 Å². The van der Waals surface area contributed by atoms with E-state index in [1.807, 2.05) is 11.0 Å². The summed E-state index contributed by atoms with van der Waals surface area (Å²) in [5.41, 5.74) is 5.77. The van der Waals surface area contributed by atoms with E-state index >= 15 is 0 Å². The predicted octanol–water partition coefficient (Wildman–Crippen LogP) is 2.89. The van der Waals surface area contributed by atoms with E-state index in [1.54, 1.807) is 11.3 Å². The lowest BCUT2D eigenvalue weighted by atomic mass is 9.94. The Kier molecular flexibility index (Phi) is 6.83. The Morgan fingerprint density at radius 1 is 1.53 bits per heavy atom. The van der Waals surface area contributed by atoms with Gasteiger partial charge in [-0.1, -0.05) is 12.5 Å². The molecule has 5 heteroatoms. The largest absolute Gasteiger partial charge is 0.338 e. The van der Waals surface area contributed by atoms with E-state index in [1.165, 1.54) is 4.88 Å². The van der Waals surface area contributed by atoms with Crippen molar-refractivity contribution in [1.82, 2.24) is 4.90 Å². The summed E-state index contributed by atoms with van der Waals surface area (Å²) >= 11 is 1.71. The van der Waals surface area contributed by atoms with E-state index in [0.717, 1.165) is 32.4 Å². The van der Waals surface area contributed by atoms with Crippen molar-refractivity contribution in [2.75, 3.05) is 13.1 Å². The summed E-state index contributed by atoms with van der Waals surface area (Å²) in [7, 11) is 0. The Morgan fingerprint density at radius 2 is 2.32 bits per heavy atom. The zero-order valence-electron chi connectivity index (χ0n) is 11.4. The molecule has 19 heavy (non-hydrogen) atoms. The zero-order valence-corrected chi connectivity index (χ0v) is 13.0. The van der Waals surface area contributed by atoms with Crippen molar-refractivity contribution in [3.8, 4) is 0 Å². The minimum Gasteiger partial charge on any atom is -0.338 e. The van der Waals surface area contributed by atoms with Crippen molar-refractivity contribution in [3.05, 3.63) is 22.4 Å². The first-order valence-electron chi connectivity index (χ1n) is 6.77. The average molecular weight is 303 g/mol. The van der Waals surface area contributed by atoms with Crippen LogP contribution in [0.1, 0.15) is 31.1 Å². The summed E-state index contributed by atoms with van der Waals surface area (Å²) in [6, 6.07) is 4.13. The van der Waals surface area contributed by atoms with Crippen LogP contribution in [-0.4, -0.2) is 23.9 Å². The molecule has 3 nitrogen and oxygen atoms in total. The molecule has 108 valence electrons. The second kappa shape index (κ2) is 7.88. The lowest BCUT2D eigenvalue weighted by Gasteiger charge is -2.26. The molecule has 0 unspecified atom stereocenters. The van der Waals surface area contributed by atoms with Gasteiger partial charge in [0.05, 0.1) is 6.54 Å². The van der Waals surface area contributed by atoms with Gasteiger partial charge in [-0.3, -0.25) is 4.79 Å². The van der Waals surface area contributed by atoms with Crippen molar-refractivity contribution < 1.29 is 4.79 Å². The minimum absolute atomic E-state index is 0. The van der Waals surface area contributed by atoms with Crippen LogP contribution in [0, 0.1) is 11.8 Å². The fourth-order valence-electron chi connectivity index (χ4n) is 2.81. The number of rotatable bonds is 5. The standard InChI is InChI=1S/C14H22N2OS.ClH/c1-2-16(10-12-6-4-8-18-12)14(17)13-7-3-5-11(13)9-15;/h4,6,8,11,13H,2-3,5,7,9-10,15H2,1H3;1H/t11-,13-;/m1./s1. The third-order valence-electron chi connectivity index (χ3n) is 3.90. The molecule has 1 aromatic heterocycles. The fraction of sp³-hybridized carbons (Fsp3) is 0.643. The molecule has 0 aliphatic heterocycles. The van der Waals surface area contributed by atoms with Crippen LogP contribution in [0.4, 0.5) is 0 Å². The molecule has 1 aliphatic carbocycles. The highest BCUT2D eigenvalue weighted by Gasteiger charge is 2.34. The van der Waals surface area contributed by atoms with E-state index in [9.17, 15) is 4.79 Å². The van der Waals surface area contributed by atoms with Gasteiger partial charge in [0.1, 0.15) is 0 Å². The lowest BCUT2D eigenvalue weighted by molar-refractivity contribution is -0.137. The van der Waals surface area contributed by atoms with Crippen molar-refractivity contribution in [3.63, 3.8) is 0 Å². The van der Waals surface area contributed by atoms with E-state index in [-0.39, 0.29) is 18.3 Å². The maximum absolute atomic E-state index is 12.5. The lowest BCUT2D eigenvalue weighted by Crippen LogP contribution is -2.38. The van der Waals surface area contributed by atoms with E-state index in [0.29, 0.717) is 18.4 Å². The van der Waals surface area contributed by atoms with Crippen LogP contribution in [0.25, 0.3) is 0 Å². The molecule has 1 heterocycles. The van der Waals surface area contributed by atoms with Crippen LogP contribution in [0.15, 0.2) is 17.5 Å². The number of hydrogen-bond acceptors (Lipinski definition) is 3. The number of halogens is 1. The predicted molar refractivity (Wildman–Crippen MR) is 82.5 cm³/mol. The highest BCUT2D eigenvalue weighted by molar-refractivity contribution is 7.09. The van der Waals surface area contributed by atoms with Crippen molar-refractivity contribution in [2.45, 2.75) is 32.7 Å². The molecule has 2 atom stereocenters. The van der Waals surface area contributed by atoms with Crippen LogP contribution in [0.5, 0.6) is 0 Å². The van der Waals surface area contributed by atoms with Crippen LogP contribution in [-0.2, 0) is 11.3 Å². The highest BCUT2D eigenvalue weighted by Crippen LogP contribution is 2.32. The quantitative estimate of drug-likeness (QED) is 0.909. The molecule has 1 amide bonds. The summed E-state index contributed by atoms with van der Waals surface area (Å²) in [5, 5.41) is 2.06. The molecule has 0 aromatic carbocycles. The molecule has 0 spiro atoms. The molecule has 2 N–H and O–H groups in total. The molecule has 0 saturated heterocycles. The number of nitrogens with zero attached hydrogens (tertiary/aromatic N) is 1. The van der Waals surface area contributed by atoms with Gasteiger partial charge in [0.2, 0.25) is 5.91 Å². The van der Waals surface area contributed by atoms with Crippen molar-refractivity contribution >= 4 is 29.7 Å². The van der Waals surface area contributed by atoms with E-state index in [4.69, 9.17) is 5.73 Å². The minimum atomic E-state index is 0. The summed E-state index contributed by atoms with van der Waals surface area (Å²) in [5.74, 6) is 0.864. The van der Waals surface area contributed by atoms with Gasteiger partial charge in [0, 0.05) is 17.3 Å². The normalized spacial score (nSPS) is 22.0. The van der Waals surface area contributed by atoms with Gasteiger partial charge in [-0.25, -0.2) is 0 Å².